The smallest absolute Gasteiger partial charge is 0.180 e. The van der Waals surface area contributed by atoms with Gasteiger partial charge in [0.25, 0.3) is 0 Å². The standard InChI is InChI=1S/C14H12Cl3NO2/c1-7-6-8(2-4-9(7)19)3-5-10(20)13-11(15)12(16)14(17)18-13/h2,4,6,18-19H,3,5H2,1H3. The van der Waals surface area contributed by atoms with E-state index in [4.69, 9.17) is 34.8 Å². The largest absolute Gasteiger partial charge is 0.508 e. The number of phenolic OH excluding ortho intramolecular Hbond substituents is 1. The predicted octanol–water partition coefficient (Wildman–Crippen LogP) is 4.80. The lowest BCUT2D eigenvalue weighted by atomic mass is 10.0. The maximum atomic E-state index is 12.1. The van der Waals surface area contributed by atoms with Gasteiger partial charge in [-0.3, -0.25) is 4.79 Å². The molecule has 0 bridgehead atoms. The van der Waals surface area contributed by atoms with Gasteiger partial charge in [0.1, 0.15) is 16.6 Å². The normalized spacial score (nSPS) is 10.8. The summed E-state index contributed by atoms with van der Waals surface area (Å²) in [5.41, 5.74) is 1.98. The molecule has 2 rings (SSSR count). The van der Waals surface area contributed by atoms with Gasteiger partial charge in [0.15, 0.2) is 5.78 Å². The molecular formula is C14H12Cl3NO2. The molecule has 2 N–H and O–H groups in total. The first-order valence-corrected chi connectivity index (χ1v) is 7.07. The fraction of sp³-hybridized carbons (Fsp3) is 0.214. The number of carbonyl (C=O) groups is 1. The molecule has 20 heavy (non-hydrogen) atoms. The van der Waals surface area contributed by atoms with Crippen molar-refractivity contribution in [3.63, 3.8) is 0 Å². The Kier molecular flexibility index (Phi) is 4.63. The Bertz CT molecular complexity index is 665. The van der Waals surface area contributed by atoms with Gasteiger partial charge in [0.05, 0.1) is 10.0 Å². The minimum absolute atomic E-state index is 0.156. The Morgan fingerprint density at radius 1 is 1.25 bits per heavy atom. The van der Waals surface area contributed by atoms with Gasteiger partial charge in [-0.1, -0.05) is 46.9 Å². The molecule has 0 saturated heterocycles. The number of phenols is 1. The number of aryl methyl sites for hydroxylation is 2. The lowest BCUT2D eigenvalue weighted by Gasteiger charge is -2.04. The van der Waals surface area contributed by atoms with Crippen LogP contribution in [0.2, 0.25) is 15.2 Å². The van der Waals surface area contributed by atoms with Gasteiger partial charge < -0.3 is 10.1 Å². The third kappa shape index (κ3) is 3.11. The Morgan fingerprint density at radius 2 is 1.95 bits per heavy atom. The molecule has 0 aliphatic heterocycles. The molecule has 0 fully saturated rings. The minimum Gasteiger partial charge on any atom is -0.508 e. The third-order valence-corrected chi connectivity index (χ3v) is 4.25. The molecule has 0 aliphatic rings. The first-order valence-electron chi connectivity index (χ1n) is 5.94. The number of ketones is 1. The van der Waals surface area contributed by atoms with Crippen molar-refractivity contribution in [1.29, 1.82) is 0 Å². The highest BCUT2D eigenvalue weighted by molar-refractivity contribution is 6.49. The number of H-pyrrole nitrogens is 1. The molecular weight excluding hydrogens is 321 g/mol. The van der Waals surface area contributed by atoms with E-state index in [1.807, 2.05) is 13.0 Å². The number of halogens is 3. The molecule has 0 amide bonds. The van der Waals surface area contributed by atoms with Crippen LogP contribution in [0.4, 0.5) is 0 Å². The van der Waals surface area contributed by atoms with Crippen molar-refractivity contribution in [2.75, 3.05) is 0 Å². The van der Waals surface area contributed by atoms with Crippen molar-refractivity contribution in [1.82, 2.24) is 4.98 Å². The van der Waals surface area contributed by atoms with E-state index >= 15 is 0 Å². The average Bonchev–Trinajstić information content (AvgIpc) is 2.67. The van der Waals surface area contributed by atoms with E-state index in [0.717, 1.165) is 11.1 Å². The number of aromatic hydroxyl groups is 1. The van der Waals surface area contributed by atoms with Crippen LogP contribution in [0.5, 0.6) is 5.75 Å². The Hall–Kier alpha value is -1.16. The summed E-state index contributed by atoms with van der Waals surface area (Å²) in [6, 6.07) is 5.25. The average molecular weight is 333 g/mol. The SMILES string of the molecule is Cc1cc(CCC(=O)c2[nH]c(Cl)c(Cl)c2Cl)ccc1O. The first-order chi connectivity index (χ1) is 9.40. The lowest BCUT2D eigenvalue weighted by Crippen LogP contribution is -2.02. The number of hydrogen-bond donors (Lipinski definition) is 2. The maximum absolute atomic E-state index is 12.1. The molecule has 1 aromatic heterocycles. The molecule has 106 valence electrons. The number of rotatable bonds is 4. The Labute approximate surface area is 131 Å². The highest BCUT2D eigenvalue weighted by atomic mass is 35.5. The van der Waals surface area contributed by atoms with E-state index < -0.39 is 0 Å². The van der Waals surface area contributed by atoms with Gasteiger partial charge in [-0.2, -0.15) is 0 Å². The van der Waals surface area contributed by atoms with E-state index in [9.17, 15) is 9.90 Å². The zero-order chi connectivity index (χ0) is 14.9. The second-order valence-electron chi connectivity index (χ2n) is 4.49. The topological polar surface area (TPSA) is 53.1 Å². The molecule has 0 unspecified atom stereocenters. The summed E-state index contributed by atoms with van der Waals surface area (Å²) in [7, 11) is 0. The summed E-state index contributed by atoms with van der Waals surface area (Å²) in [6.45, 7) is 1.81. The predicted molar refractivity (Wildman–Crippen MR) is 81.3 cm³/mol. The minimum atomic E-state index is -0.158. The van der Waals surface area contributed by atoms with Crippen LogP contribution >= 0.6 is 34.8 Å². The molecule has 1 aromatic carbocycles. The van der Waals surface area contributed by atoms with E-state index in [2.05, 4.69) is 4.98 Å². The quantitative estimate of drug-likeness (QED) is 0.790. The second kappa shape index (κ2) is 6.08. The van der Waals surface area contributed by atoms with E-state index in [0.29, 0.717) is 6.42 Å². The summed E-state index contributed by atoms with van der Waals surface area (Å²) >= 11 is 17.5. The number of Topliss-reactive ketones (excluding diaryl/α,β-unsaturated/α-hetero) is 1. The molecule has 0 atom stereocenters. The molecule has 0 spiro atoms. The summed E-state index contributed by atoms with van der Waals surface area (Å²) in [5.74, 6) is 0.0839. The summed E-state index contributed by atoms with van der Waals surface area (Å²) < 4.78 is 0. The van der Waals surface area contributed by atoms with Crippen molar-refractivity contribution >= 4 is 40.6 Å². The lowest BCUT2D eigenvalue weighted by molar-refractivity contribution is 0.0979. The highest BCUT2D eigenvalue weighted by Crippen LogP contribution is 2.33. The van der Waals surface area contributed by atoms with Crippen molar-refractivity contribution < 1.29 is 9.90 Å². The number of hydrogen-bond acceptors (Lipinski definition) is 2. The highest BCUT2D eigenvalue weighted by Gasteiger charge is 2.18. The van der Waals surface area contributed by atoms with Crippen LogP contribution in [0, 0.1) is 6.92 Å². The third-order valence-electron chi connectivity index (χ3n) is 3.02. The molecule has 6 heteroatoms. The fourth-order valence-corrected chi connectivity index (χ4v) is 2.50. The van der Waals surface area contributed by atoms with Crippen LogP contribution in [0.3, 0.4) is 0 Å². The number of aromatic amines is 1. The van der Waals surface area contributed by atoms with Gasteiger partial charge >= 0.3 is 0 Å². The van der Waals surface area contributed by atoms with E-state index in [-0.39, 0.29) is 38.8 Å². The molecule has 0 aliphatic carbocycles. The van der Waals surface area contributed by atoms with Crippen molar-refractivity contribution in [3.05, 3.63) is 50.2 Å². The van der Waals surface area contributed by atoms with Crippen molar-refractivity contribution in [3.8, 4) is 5.75 Å². The van der Waals surface area contributed by atoms with Gasteiger partial charge in [-0.05, 0) is 30.5 Å². The number of nitrogens with one attached hydrogen (secondary N) is 1. The van der Waals surface area contributed by atoms with Gasteiger partial charge in [0, 0.05) is 6.42 Å². The van der Waals surface area contributed by atoms with Crippen LogP contribution in [-0.4, -0.2) is 15.9 Å². The first kappa shape index (κ1) is 15.2. The number of aromatic nitrogens is 1. The van der Waals surface area contributed by atoms with Crippen molar-refractivity contribution in [2.24, 2.45) is 0 Å². The van der Waals surface area contributed by atoms with E-state index in [1.54, 1.807) is 12.1 Å². The van der Waals surface area contributed by atoms with Crippen LogP contribution in [-0.2, 0) is 6.42 Å². The van der Waals surface area contributed by atoms with Crippen LogP contribution in [0.25, 0.3) is 0 Å². The fourth-order valence-electron chi connectivity index (χ4n) is 1.87. The summed E-state index contributed by atoms with van der Waals surface area (Å²) in [4.78, 5) is 14.8. The zero-order valence-electron chi connectivity index (χ0n) is 10.6. The summed E-state index contributed by atoms with van der Waals surface area (Å²) in [6.07, 6.45) is 0.821. The van der Waals surface area contributed by atoms with Gasteiger partial charge in [0.2, 0.25) is 0 Å². The van der Waals surface area contributed by atoms with E-state index in [1.165, 1.54) is 0 Å². The maximum Gasteiger partial charge on any atom is 0.180 e. The van der Waals surface area contributed by atoms with Crippen LogP contribution in [0.1, 0.15) is 28.0 Å². The molecule has 3 nitrogen and oxygen atoms in total. The van der Waals surface area contributed by atoms with Crippen LogP contribution < -0.4 is 0 Å². The van der Waals surface area contributed by atoms with Gasteiger partial charge in [-0.15, -0.1) is 0 Å². The number of benzene rings is 1. The number of carbonyl (C=O) groups excluding carboxylic acids is 1. The second-order valence-corrected chi connectivity index (χ2v) is 5.62. The van der Waals surface area contributed by atoms with Crippen molar-refractivity contribution in [2.45, 2.75) is 19.8 Å². The molecule has 0 saturated carbocycles. The molecule has 1 heterocycles. The molecule has 0 radical (unpaired) electrons. The van der Waals surface area contributed by atoms with Crippen LogP contribution in [0.15, 0.2) is 18.2 Å². The summed E-state index contributed by atoms with van der Waals surface area (Å²) in [5, 5.41) is 9.94. The zero-order valence-corrected chi connectivity index (χ0v) is 12.9. The molecule has 2 aromatic rings. The monoisotopic (exact) mass is 331 g/mol. The van der Waals surface area contributed by atoms with Gasteiger partial charge in [-0.25, -0.2) is 0 Å². The Balaban J connectivity index is 2.08. The Morgan fingerprint density at radius 3 is 2.50 bits per heavy atom.